The van der Waals surface area contributed by atoms with Crippen molar-refractivity contribution in [2.75, 3.05) is 12.4 Å². The molecule has 1 heterocycles. The molecule has 144 valence electrons. The summed E-state index contributed by atoms with van der Waals surface area (Å²) in [6.45, 7) is 0. The van der Waals surface area contributed by atoms with Crippen LogP contribution in [0, 0.1) is 0 Å². The number of halogens is 3. The monoisotopic (exact) mass is 404 g/mol. The van der Waals surface area contributed by atoms with Crippen LogP contribution >= 0.6 is 11.8 Å². The fraction of sp³-hybridized carbons (Fsp3) is 0.100. The minimum absolute atomic E-state index is 0.160. The first-order valence-electron chi connectivity index (χ1n) is 8.12. The first-order valence-corrected chi connectivity index (χ1v) is 9.00. The number of para-hydroxylation sites is 2. The minimum atomic E-state index is -4.52. The third kappa shape index (κ3) is 4.64. The second-order valence-corrected chi connectivity index (χ2v) is 6.56. The predicted octanol–water partition coefficient (Wildman–Crippen LogP) is 5.48. The number of hydrogen-bond donors (Lipinski definition) is 1. The van der Waals surface area contributed by atoms with Crippen LogP contribution in [0.25, 0.3) is 16.5 Å². The first kappa shape index (κ1) is 19.8. The number of carbonyl (C=O) groups is 1. The van der Waals surface area contributed by atoms with E-state index in [-0.39, 0.29) is 11.1 Å². The molecule has 0 aliphatic carbocycles. The van der Waals surface area contributed by atoms with Crippen LogP contribution in [0.3, 0.4) is 0 Å². The molecule has 28 heavy (non-hydrogen) atoms. The predicted molar refractivity (Wildman–Crippen MR) is 105 cm³/mol. The molecular formula is C20H15F3N2O2S. The zero-order valence-corrected chi connectivity index (χ0v) is 15.5. The number of amides is 1. The second kappa shape index (κ2) is 8.35. The van der Waals surface area contributed by atoms with Gasteiger partial charge in [-0.05, 0) is 35.4 Å². The van der Waals surface area contributed by atoms with Gasteiger partial charge in [-0.3, -0.25) is 9.78 Å². The van der Waals surface area contributed by atoms with Gasteiger partial charge < -0.3 is 10.1 Å². The van der Waals surface area contributed by atoms with Crippen molar-refractivity contribution in [3.05, 3.63) is 71.8 Å². The van der Waals surface area contributed by atoms with E-state index in [1.165, 1.54) is 13.2 Å². The Labute approximate surface area is 163 Å². The van der Waals surface area contributed by atoms with Gasteiger partial charge >= 0.3 is 5.51 Å². The maximum absolute atomic E-state index is 12.9. The average Bonchev–Trinajstić information content (AvgIpc) is 2.68. The van der Waals surface area contributed by atoms with E-state index < -0.39 is 23.2 Å². The number of benzene rings is 2. The molecule has 3 rings (SSSR count). The van der Waals surface area contributed by atoms with E-state index in [2.05, 4.69) is 10.3 Å². The summed E-state index contributed by atoms with van der Waals surface area (Å²) >= 11 is -0.396. The lowest BCUT2D eigenvalue weighted by Gasteiger charge is -2.14. The van der Waals surface area contributed by atoms with Crippen molar-refractivity contribution in [3.63, 3.8) is 0 Å². The van der Waals surface area contributed by atoms with Crippen molar-refractivity contribution in [2.45, 2.75) is 5.51 Å². The van der Waals surface area contributed by atoms with Crippen molar-refractivity contribution in [1.82, 2.24) is 4.98 Å². The van der Waals surface area contributed by atoms with Crippen LogP contribution in [-0.2, 0) is 4.79 Å². The van der Waals surface area contributed by atoms with Gasteiger partial charge in [-0.1, -0.05) is 36.4 Å². The zero-order chi connectivity index (χ0) is 20.1. The standard InChI is InChI=1S/C20H15F3N2O2S/c1-27-17-10-3-2-8-14(17)15(12-28-20(21,22)23)19(26)25-16-9-4-6-13-7-5-11-24-18(13)16/h2-12H,1H3,(H,25,26)/b15-12-. The highest BCUT2D eigenvalue weighted by molar-refractivity contribution is 8.03. The van der Waals surface area contributed by atoms with Crippen molar-refractivity contribution in [1.29, 1.82) is 0 Å². The lowest BCUT2D eigenvalue weighted by molar-refractivity contribution is -0.111. The summed E-state index contributed by atoms with van der Waals surface area (Å²) in [5.74, 6) is -0.401. The van der Waals surface area contributed by atoms with Gasteiger partial charge in [-0.25, -0.2) is 0 Å². The van der Waals surface area contributed by atoms with E-state index in [0.29, 0.717) is 17.0 Å². The summed E-state index contributed by atoms with van der Waals surface area (Å²) in [4.78, 5) is 17.1. The number of anilines is 1. The number of thioether (sulfide) groups is 1. The molecule has 0 atom stereocenters. The molecule has 0 aliphatic heterocycles. The molecule has 0 unspecified atom stereocenters. The van der Waals surface area contributed by atoms with E-state index in [1.54, 1.807) is 42.6 Å². The molecule has 1 N–H and O–H groups in total. The summed E-state index contributed by atoms with van der Waals surface area (Å²) in [6.07, 6.45) is 1.58. The van der Waals surface area contributed by atoms with Crippen LogP contribution in [0.5, 0.6) is 5.75 Å². The van der Waals surface area contributed by atoms with Gasteiger partial charge in [0.2, 0.25) is 0 Å². The molecule has 2 aromatic carbocycles. The number of hydrogen-bond acceptors (Lipinski definition) is 4. The maximum Gasteiger partial charge on any atom is 0.445 e. The molecular weight excluding hydrogens is 389 g/mol. The van der Waals surface area contributed by atoms with E-state index in [0.717, 1.165) is 10.8 Å². The van der Waals surface area contributed by atoms with Gasteiger partial charge in [0.05, 0.1) is 23.9 Å². The molecule has 0 spiro atoms. The average molecular weight is 404 g/mol. The van der Waals surface area contributed by atoms with Gasteiger partial charge in [0.15, 0.2) is 0 Å². The van der Waals surface area contributed by atoms with Crippen LogP contribution in [-0.4, -0.2) is 23.5 Å². The summed E-state index contributed by atoms with van der Waals surface area (Å²) in [6, 6.07) is 15.2. The van der Waals surface area contributed by atoms with E-state index in [1.807, 2.05) is 12.1 Å². The molecule has 0 saturated heterocycles. The van der Waals surface area contributed by atoms with Gasteiger partial charge in [-0.2, -0.15) is 13.2 Å². The van der Waals surface area contributed by atoms with E-state index in [9.17, 15) is 18.0 Å². The molecule has 0 aliphatic rings. The van der Waals surface area contributed by atoms with Crippen molar-refractivity contribution in [2.24, 2.45) is 0 Å². The quantitative estimate of drug-likeness (QED) is 0.573. The highest BCUT2D eigenvalue weighted by atomic mass is 32.2. The number of fused-ring (bicyclic) bond motifs is 1. The number of rotatable bonds is 5. The highest BCUT2D eigenvalue weighted by Gasteiger charge is 2.28. The van der Waals surface area contributed by atoms with E-state index in [4.69, 9.17) is 4.74 Å². The third-order valence-electron chi connectivity index (χ3n) is 3.83. The Morgan fingerprint density at radius 2 is 1.86 bits per heavy atom. The second-order valence-electron chi connectivity index (χ2n) is 5.63. The highest BCUT2D eigenvalue weighted by Crippen LogP contribution is 2.36. The molecule has 3 aromatic rings. The van der Waals surface area contributed by atoms with Crippen molar-refractivity contribution < 1.29 is 22.7 Å². The largest absolute Gasteiger partial charge is 0.496 e. The molecule has 0 saturated carbocycles. The Morgan fingerprint density at radius 3 is 2.61 bits per heavy atom. The first-order chi connectivity index (χ1) is 13.4. The van der Waals surface area contributed by atoms with Crippen LogP contribution < -0.4 is 10.1 Å². The lowest BCUT2D eigenvalue weighted by Crippen LogP contribution is -2.15. The number of methoxy groups -OCH3 is 1. The molecule has 0 radical (unpaired) electrons. The molecule has 0 bridgehead atoms. The van der Waals surface area contributed by atoms with E-state index >= 15 is 0 Å². The van der Waals surface area contributed by atoms with Gasteiger partial charge in [0.1, 0.15) is 5.75 Å². The van der Waals surface area contributed by atoms with Crippen LogP contribution in [0.2, 0.25) is 0 Å². The molecule has 0 fully saturated rings. The van der Waals surface area contributed by atoms with Crippen molar-refractivity contribution >= 4 is 39.8 Å². The van der Waals surface area contributed by atoms with Crippen LogP contribution in [0.1, 0.15) is 5.56 Å². The zero-order valence-electron chi connectivity index (χ0n) is 14.7. The summed E-state index contributed by atoms with van der Waals surface area (Å²) < 4.78 is 43.5. The Morgan fingerprint density at radius 1 is 1.11 bits per heavy atom. The van der Waals surface area contributed by atoms with Crippen LogP contribution in [0.15, 0.2) is 66.2 Å². The normalized spacial score (nSPS) is 12.1. The maximum atomic E-state index is 12.9. The SMILES string of the molecule is COc1ccccc1/C(=C/SC(F)(F)F)C(=O)Nc1cccc2cccnc12. The minimum Gasteiger partial charge on any atom is -0.496 e. The molecule has 1 aromatic heterocycles. The number of pyridine rings is 1. The topological polar surface area (TPSA) is 51.2 Å². The number of ether oxygens (including phenoxy) is 1. The fourth-order valence-corrected chi connectivity index (χ4v) is 3.11. The third-order valence-corrected chi connectivity index (χ3v) is 4.45. The number of nitrogens with one attached hydrogen (secondary N) is 1. The molecule has 4 nitrogen and oxygen atoms in total. The summed E-state index contributed by atoms with van der Waals surface area (Å²) in [5, 5.41) is 4.25. The number of alkyl halides is 3. The summed E-state index contributed by atoms with van der Waals surface area (Å²) in [7, 11) is 1.39. The molecule has 1 amide bonds. The van der Waals surface area contributed by atoms with Gasteiger partial charge in [0, 0.05) is 17.1 Å². The Balaban J connectivity index is 2.01. The number of aromatic nitrogens is 1. The smallest absolute Gasteiger partial charge is 0.445 e. The Bertz CT molecular complexity index is 1030. The van der Waals surface area contributed by atoms with Gasteiger partial charge in [-0.15, -0.1) is 0 Å². The number of nitrogens with zero attached hydrogens (tertiary/aromatic N) is 1. The lowest BCUT2D eigenvalue weighted by atomic mass is 10.1. The Hall–Kier alpha value is -3.00. The summed E-state index contributed by atoms with van der Waals surface area (Å²) in [5.41, 5.74) is -3.48. The Kier molecular flexibility index (Phi) is 5.89. The number of carbonyl (C=O) groups excluding carboxylic acids is 1. The van der Waals surface area contributed by atoms with Crippen LogP contribution in [0.4, 0.5) is 18.9 Å². The van der Waals surface area contributed by atoms with Gasteiger partial charge in [0.25, 0.3) is 5.91 Å². The fourth-order valence-electron chi connectivity index (χ4n) is 2.63. The van der Waals surface area contributed by atoms with Crippen molar-refractivity contribution in [3.8, 4) is 5.75 Å². The molecule has 8 heteroatoms.